The maximum atomic E-state index is 11.2. The summed E-state index contributed by atoms with van der Waals surface area (Å²) in [6.07, 6.45) is 0.665. The van der Waals surface area contributed by atoms with E-state index >= 15 is 0 Å². The van der Waals surface area contributed by atoms with Gasteiger partial charge < -0.3 is 10.2 Å². The molecule has 0 unspecified atom stereocenters. The van der Waals surface area contributed by atoms with Crippen LogP contribution in [0.2, 0.25) is 0 Å². The number of hydrogen-bond donors (Lipinski definition) is 3. The smallest absolute Gasteiger partial charge is 0.278 e. The summed E-state index contributed by atoms with van der Waals surface area (Å²) in [5.74, 6) is -0.190. The molecule has 128 valence electrons. The molecule has 0 saturated heterocycles. The van der Waals surface area contributed by atoms with Crippen LogP contribution < -0.4 is 16.2 Å². The van der Waals surface area contributed by atoms with E-state index in [1.165, 1.54) is 5.12 Å². The van der Waals surface area contributed by atoms with Gasteiger partial charge in [0.25, 0.3) is 5.91 Å². The summed E-state index contributed by atoms with van der Waals surface area (Å²) >= 11 is 0. The average molecular weight is 313 g/mol. The first kappa shape index (κ1) is 22.6. The summed E-state index contributed by atoms with van der Waals surface area (Å²) in [6, 6.07) is 0. The summed E-state index contributed by atoms with van der Waals surface area (Å²) in [4.78, 5) is 24.1. The van der Waals surface area contributed by atoms with Gasteiger partial charge in [-0.15, -0.1) is 0 Å². The number of nitrogens with zero attached hydrogens (tertiary/aromatic N) is 2. The molecule has 0 heterocycles. The van der Waals surface area contributed by atoms with Crippen molar-refractivity contribution in [1.29, 1.82) is 0 Å². The zero-order valence-corrected chi connectivity index (χ0v) is 14.7. The van der Waals surface area contributed by atoms with Gasteiger partial charge in [0.05, 0.1) is 0 Å². The highest BCUT2D eigenvalue weighted by Crippen LogP contribution is 1.98. The molecular weight excluding hydrogens is 282 g/mol. The number of rotatable bonds is 8. The Morgan fingerprint density at radius 3 is 1.91 bits per heavy atom. The SMILES string of the molecule is C=C(C)C(=O)NCCN(C)C.C=C(CC)C(=O)N(NC)NC. The van der Waals surface area contributed by atoms with Crippen molar-refractivity contribution in [3.8, 4) is 0 Å². The van der Waals surface area contributed by atoms with E-state index in [1.54, 1.807) is 21.0 Å². The van der Waals surface area contributed by atoms with Crippen molar-refractivity contribution in [2.45, 2.75) is 20.3 Å². The molecule has 0 bridgehead atoms. The van der Waals surface area contributed by atoms with Gasteiger partial charge in [-0.05, 0) is 27.4 Å². The third kappa shape index (κ3) is 11.0. The Morgan fingerprint density at radius 1 is 1.09 bits per heavy atom. The van der Waals surface area contributed by atoms with Gasteiger partial charge in [0.1, 0.15) is 0 Å². The summed E-state index contributed by atoms with van der Waals surface area (Å²) < 4.78 is 0. The fraction of sp³-hybridized carbons (Fsp3) is 0.600. The maximum absolute atomic E-state index is 11.2. The Kier molecular flexibility index (Phi) is 13.3. The Labute approximate surface area is 134 Å². The number of hydrogen-bond acceptors (Lipinski definition) is 5. The lowest BCUT2D eigenvalue weighted by Crippen LogP contribution is -2.48. The fourth-order valence-corrected chi connectivity index (χ4v) is 1.17. The van der Waals surface area contributed by atoms with Crippen molar-refractivity contribution in [2.24, 2.45) is 0 Å². The van der Waals surface area contributed by atoms with E-state index in [0.717, 1.165) is 6.54 Å². The lowest BCUT2D eigenvalue weighted by Gasteiger charge is -2.19. The Hall–Kier alpha value is -1.70. The van der Waals surface area contributed by atoms with Gasteiger partial charge in [0.2, 0.25) is 5.91 Å². The zero-order valence-electron chi connectivity index (χ0n) is 14.7. The molecule has 0 aliphatic carbocycles. The first-order chi connectivity index (χ1) is 10.2. The van der Waals surface area contributed by atoms with E-state index in [0.29, 0.717) is 24.1 Å². The van der Waals surface area contributed by atoms with Gasteiger partial charge in [-0.2, -0.15) is 0 Å². The maximum Gasteiger partial charge on any atom is 0.278 e. The molecule has 0 fully saturated rings. The molecule has 0 aliphatic heterocycles. The third-order valence-electron chi connectivity index (χ3n) is 2.61. The summed E-state index contributed by atoms with van der Waals surface area (Å²) in [6.45, 7) is 12.3. The van der Waals surface area contributed by atoms with E-state index in [4.69, 9.17) is 0 Å². The first-order valence-corrected chi connectivity index (χ1v) is 7.16. The second-order valence-electron chi connectivity index (χ2n) is 4.88. The average Bonchev–Trinajstić information content (AvgIpc) is 2.47. The molecule has 22 heavy (non-hydrogen) atoms. The van der Waals surface area contributed by atoms with Crippen LogP contribution in [0.4, 0.5) is 0 Å². The van der Waals surface area contributed by atoms with Crippen LogP contribution in [0.1, 0.15) is 20.3 Å². The predicted molar refractivity (Wildman–Crippen MR) is 90.8 cm³/mol. The van der Waals surface area contributed by atoms with Crippen LogP contribution in [0.3, 0.4) is 0 Å². The third-order valence-corrected chi connectivity index (χ3v) is 2.61. The fourth-order valence-electron chi connectivity index (χ4n) is 1.17. The number of likely N-dealkylation sites (N-methyl/N-ethyl adjacent to an activating group) is 1. The topological polar surface area (TPSA) is 76.7 Å². The Morgan fingerprint density at radius 2 is 1.59 bits per heavy atom. The number of carbonyl (C=O) groups is 2. The van der Waals surface area contributed by atoms with Crippen LogP contribution >= 0.6 is 0 Å². The molecular formula is C15H31N5O2. The molecule has 7 nitrogen and oxygen atoms in total. The minimum absolute atomic E-state index is 0.0631. The summed E-state index contributed by atoms with van der Waals surface area (Å²) in [7, 11) is 7.26. The van der Waals surface area contributed by atoms with Crippen LogP contribution in [0.5, 0.6) is 0 Å². The molecule has 0 aromatic carbocycles. The quantitative estimate of drug-likeness (QED) is 0.443. The highest BCUT2D eigenvalue weighted by atomic mass is 16.2. The number of amides is 2. The molecule has 0 saturated carbocycles. The van der Waals surface area contributed by atoms with Crippen LogP contribution in [-0.2, 0) is 9.59 Å². The van der Waals surface area contributed by atoms with Crippen molar-refractivity contribution >= 4 is 11.8 Å². The number of hydrazine groups is 2. The number of nitrogens with one attached hydrogen (secondary N) is 3. The molecule has 3 N–H and O–H groups in total. The predicted octanol–water partition coefficient (Wildman–Crippen LogP) is 0.290. The second kappa shape index (κ2) is 13.0. The van der Waals surface area contributed by atoms with Crippen LogP contribution in [0.25, 0.3) is 0 Å². The minimum atomic E-state index is -0.127. The van der Waals surface area contributed by atoms with Gasteiger partial charge in [0, 0.05) is 38.3 Å². The molecule has 2 amide bonds. The Bertz CT molecular complexity index is 376. The van der Waals surface area contributed by atoms with Gasteiger partial charge in [-0.1, -0.05) is 20.1 Å². The highest BCUT2D eigenvalue weighted by molar-refractivity contribution is 5.92. The molecule has 0 spiro atoms. The van der Waals surface area contributed by atoms with Gasteiger partial charge in [-0.3, -0.25) is 9.59 Å². The highest BCUT2D eigenvalue weighted by Gasteiger charge is 2.11. The zero-order chi connectivity index (χ0) is 17.7. The van der Waals surface area contributed by atoms with E-state index in [9.17, 15) is 9.59 Å². The van der Waals surface area contributed by atoms with Crippen molar-refractivity contribution in [3.05, 3.63) is 24.3 Å². The van der Waals surface area contributed by atoms with Gasteiger partial charge >= 0.3 is 0 Å². The van der Waals surface area contributed by atoms with E-state index in [2.05, 4.69) is 29.3 Å². The van der Waals surface area contributed by atoms with Crippen LogP contribution in [0.15, 0.2) is 24.3 Å². The van der Waals surface area contributed by atoms with E-state index in [-0.39, 0.29) is 11.8 Å². The monoisotopic (exact) mass is 313 g/mol. The summed E-state index contributed by atoms with van der Waals surface area (Å²) in [5.41, 5.74) is 6.49. The van der Waals surface area contributed by atoms with Crippen LogP contribution in [0, 0.1) is 0 Å². The molecule has 0 radical (unpaired) electrons. The van der Waals surface area contributed by atoms with Crippen molar-refractivity contribution in [3.63, 3.8) is 0 Å². The normalized spacial score (nSPS) is 9.59. The minimum Gasteiger partial charge on any atom is -0.351 e. The first-order valence-electron chi connectivity index (χ1n) is 7.16. The number of carbonyl (C=O) groups excluding carboxylic acids is 2. The van der Waals surface area contributed by atoms with Crippen molar-refractivity contribution < 1.29 is 9.59 Å². The molecule has 7 heteroatoms. The largest absolute Gasteiger partial charge is 0.351 e. The second-order valence-corrected chi connectivity index (χ2v) is 4.88. The van der Waals surface area contributed by atoms with Gasteiger partial charge in [-0.25, -0.2) is 16.0 Å². The molecule has 0 atom stereocenters. The molecule has 0 aliphatic rings. The van der Waals surface area contributed by atoms with E-state index < -0.39 is 0 Å². The summed E-state index contributed by atoms with van der Waals surface area (Å²) in [5, 5.41) is 4.02. The molecule has 0 aromatic heterocycles. The van der Waals surface area contributed by atoms with Crippen molar-refractivity contribution in [2.75, 3.05) is 41.3 Å². The lowest BCUT2D eigenvalue weighted by atomic mass is 10.2. The molecule has 0 aromatic rings. The van der Waals surface area contributed by atoms with Crippen molar-refractivity contribution in [1.82, 2.24) is 26.2 Å². The van der Waals surface area contributed by atoms with Gasteiger partial charge in [0.15, 0.2) is 0 Å². The Balaban J connectivity index is 0. The van der Waals surface area contributed by atoms with E-state index in [1.807, 2.05) is 25.9 Å². The molecule has 0 rings (SSSR count). The lowest BCUT2D eigenvalue weighted by molar-refractivity contribution is -0.133. The van der Waals surface area contributed by atoms with Crippen LogP contribution in [-0.4, -0.2) is 63.1 Å². The standard InChI is InChI=1S/C8H16N2O.C7H15N3O/c1-7(2)8(11)9-5-6-10(3)4;1-5-6(2)7(11)10(8-3)9-4/h1,5-6H2,2-4H3,(H,9,11);8-9H,2,5H2,1,3-4H3.